The largest absolute Gasteiger partial charge is 0.443 e. The van der Waals surface area contributed by atoms with Crippen LogP contribution in [0.4, 0.5) is 4.79 Å². The summed E-state index contributed by atoms with van der Waals surface area (Å²) in [5.41, 5.74) is -0.582. The van der Waals surface area contributed by atoms with E-state index in [0.717, 1.165) is 4.90 Å². The van der Waals surface area contributed by atoms with E-state index in [9.17, 15) is 9.59 Å². The highest BCUT2D eigenvalue weighted by Crippen LogP contribution is 2.18. The minimum absolute atomic E-state index is 0.295. The highest BCUT2D eigenvalue weighted by molar-refractivity contribution is 5.96. The highest BCUT2D eigenvalue weighted by Gasteiger charge is 2.38. The molecule has 5 heteroatoms. The SMILES string of the molecule is CCOC1CCN(C(=O)OC(C)(C)C)C1=O. The summed E-state index contributed by atoms with van der Waals surface area (Å²) in [5.74, 6) is -0.295. The third-order valence-electron chi connectivity index (χ3n) is 2.14. The Bertz CT molecular complexity index is 282. The van der Waals surface area contributed by atoms with E-state index in [1.54, 1.807) is 20.8 Å². The van der Waals surface area contributed by atoms with Gasteiger partial charge in [-0.3, -0.25) is 4.79 Å². The van der Waals surface area contributed by atoms with Crippen LogP contribution in [0.5, 0.6) is 0 Å². The summed E-state index contributed by atoms with van der Waals surface area (Å²) in [4.78, 5) is 24.5. The normalized spacial score (nSPS) is 21.4. The van der Waals surface area contributed by atoms with E-state index < -0.39 is 17.8 Å². The Balaban J connectivity index is 2.57. The molecule has 0 radical (unpaired) electrons. The van der Waals surface area contributed by atoms with Crippen molar-refractivity contribution in [3.63, 3.8) is 0 Å². The van der Waals surface area contributed by atoms with Gasteiger partial charge < -0.3 is 9.47 Å². The van der Waals surface area contributed by atoms with Crippen LogP contribution in [0.1, 0.15) is 34.1 Å². The standard InChI is InChI=1S/C11H19NO4/c1-5-15-8-6-7-12(9(8)13)10(14)16-11(2,3)4/h8H,5-7H2,1-4H3. The van der Waals surface area contributed by atoms with Gasteiger partial charge in [0.05, 0.1) is 0 Å². The molecule has 1 unspecified atom stereocenters. The number of ether oxygens (including phenoxy) is 2. The van der Waals surface area contributed by atoms with Gasteiger partial charge >= 0.3 is 6.09 Å². The van der Waals surface area contributed by atoms with E-state index in [-0.39, 0.29) is 5.91 Å². The highest BCUT2D eigenvalue weighted by atomic mass is 16.6. The van der Waals surface area contributed by atoms with Crippen molar-refractivity contribution in [2.75, 3.05) is 13.2 Å². The first-order chi connectivity index (χ1) is 7.35. The number of rotatable bonds is 2. The molecule has 1 atom stereocenters. The van der Waals surface area contributed by atoms with Gasteiger partial charge in [0.2, 0.25) is 0 Å². The molecule has 0 aromatic carbocycles. The maximum absolute atomic E-state index is 11.7. The number of likely N-dealkylation sites (tertiary alicyclic amines) is 1. The third-order valence-corrected chi connectivity index (χ3v) is 2.14. The van der Waals surface area contributed by atoms with Crippen LogP contribution >= 0.6 is 0 Å². The van der Waals surface area contributed by atoms with Crippen molar-refractivity contribution >= 4 is 12.0 Å². The van der Waals surface area contributed by atoms with Crippen molar-refractivity contribution in [2.45, 2.75) is 45.8 Å². The van der Waals surface area contributed by atoms with Crippen molar-refractivity contribution in [3.8, 4) is 0 Å². The van der Waals surface area contributed by atoms with E-state index in [4.69, 9.17) is 9.47 Å². The summed E-state index contributed by atoms with van der Waals surface area (Å²) in [6.45, 7) is 7.98. The van der Waals surface area contributed by atoms with Gasteiger partial charge in [0, 0.05) is 19.6 Å². The Labute approximate surface area is 95.7 Å². The fraction of sp³-hybridized carbons (Fsp3) is 0.818. The predicted molar refractivity (Wildman–Crippen MR) is 58.0 cm³/mol. The molecule has 1 saturated heterocycles. The maximum atomic E-state index is 11.7. The summed E-state index contributed by atoms with van der Waals surface area (Å²) in [6, 6.07) is 0. The molecule has 92 valence electrons. The minimum atomic E-state index is -0.584. The molecule has 16 heavy (non-hydrogen) atoms. The molecule has 0 aromatic heterocycles. The molecule has 0 spiro atoms. The van der Waals surface area contributed by atoms with Crippen LogP contribution in [-0.2, 0) is 14.3 Å². The molecule has 0 saturated carbocycles. The lowest BCUT2D eigenvalue weighted by Crippen LogP contribution is -2.39. The number of imide groups is 1. The van der Waals surface area contributed by atoms with Gasteiger partial charge in [0.15, 0.2) is 0 Å². The van der Waals surface area contributed by atoms with Gasteiger partial charge in [0.25, 0.3) is 5.91 Å². The van der Waals surface area contributed by atoms with Gasteiger partial charge in [-0.05, 0) is 27.7 Å². The first-order valence-corrected chi connectivity index (χ1v) is 5.51. The van der Waals surface area contributed by atoms with Crippen molar-refractivity contribution in [2.24, 2.45) is 0 Å². The van der Waals surface area contributed by atoms with Crippen LogP contribution in [0, 0.1) is 0 Å². The summed E-state index contributed by atoms with van der Waals surface area (Å²) >= 11 is 0. The molecule has 1 heterocycles. The zero-order valence-electron chi connectivity index (χ0n) is 10.3. The summed E-state index contributed by atoms with van der Waals surface area (Å²) in [7, 11) is 0. The minimum Gasteiger partial charge on any atom is -0.443 e. The average Bonchev–Trinajstić information content (AvgIpc) is 2.46. The lowest BCUT2D eigenvalue weighted by molar-refractivity contribution is -0.136. The molecule has 0 N–H and O–H groups in total. The lowest BCUT2D eigenvalue weighted by Gasteiger charge is -2.23. The van der Waals surface area contributed by atoms with Crippen molar-refractivity contribution < 1.29 is 19.1 Å². The van der Waals surface area contributed by atoms with Crippen LogP contribution in [0.2, 0.25) is 0 Å². The van der Waals surface area contributed by atoms with Crippen LogP contribution in [-0.4, -0.2) is 41.8 Å². The summed E-state index contributed by atoms with van der Waals surface area (Å²) < 4.78 is 10.4. The van der Waals surface area contributed by atoms with Crippen LogP contribution in [0.25, 0.3) is 0 Å². The van der Waals surface area contributed by atoms with Gasteiger partial charge in [-0.1, -0.05) is 0 Å². The van der Waals surface area contributed by atoms with Gasteiger partial charge in [-0.2, -0.15) is 0 Å². The van der Waals surface area contributed by atoms with Crippen LogP contribution in [0.15, 0.2) is 0 Å². The van der Waals surface area contributed by atoms with Gasteiger partial charge in [-0.25, -0.2) is 9.69 Å². The first kappa shape index (κ1) is 13.0. The maximum Gasteiger partial charge on any atom is 0.417 e. The van der Waals surface area contributed by atoms with Crippen LogP contribution < -0.4 is 0 Å². The monoisotopic (exact) mass is 229 g/mol. The second kappa shape index (κ2) is 4.82. The first-order valence-electron chi connectivity index (χ1n) is 5.51. The van der Waals surface area contributed by atoms with Crippen LogP contribution in [0.3, 0.4) is 0 Å². The summed E-state index contributed by atoms with van der Waals surface area (Å²) in [5, 5.41) is 0. The molecule has 0 aliphatic carbocycles. The molecular weight excluding hydrogens is 210 g/mol. The number of hydrogen-bond donors (Lipinski definition) is 0. The molecule has 0 aromatic rings. The molecule has 2 amide bonds. The Morgan fingerprint density at radius 2 is 2.12 bits per heavy atom. The molecule has 5 nitrogen and oxygen atoms in total. The molecular formula is C11H19NO4. The second-order valence-corrected chi connectivity index (χ2v) is 4.70. The number of carbonyl (C=O) groups excluding carboxylic acids is 2. The van der Waals surface area contributed by atoms with E-state index in [1.165, 1.54) is 0 Å². The zero-order chi connectivity index (χ0) is 12.3. The average molecular weight is 229 g/mol. The van der Waals surface area contributed by atoms with Crippen molar-refractivity contribution in [1.29, 1.82) is 0 Å². The smallest absolute Gasteiger partial charge is 0.417 e. The van der Waals surface area contributed by atoms with E-state index in [1.807, 2.05) is 6.92 Å². The van der Waals surface area contributed by atoms with E-state index in [0.29, 0.717) is 19.6 Å². The Hall–Kier alpha value is -1.10. The quantitative estimate of drug-likeness (QED) is 0.721. The molecule has 1 aliphatic heterocycles. The second-order valence-electron chi connectivity index (χ2n) is 4.70. The Kier molecular flexibility index (Phi) is 3.91. The predicted octanol–water partition coefficient (Wildman–Crippen LogP) is 1.56. The topological polar surface area (TPSA) is 55.8 Å². The Morgan fingerprint density at radius 3 is 2.62 bits per heavy atom. The fourth-order valence-corrected chi connectivity index (χ4v) is 1.51. The molecule has 0 bridgehead atoms. The molecule has 1 aliphatic rings. The van der Waals surface area contributed by atoms with Gasteiger partial charge in [0.1, 0.15) is 11.7 Å². The number of carbonyl (C=O) groups is 2. The fourth-order valence-electron chi connectivity index (χ4n) is 1.51. The van der Waals surface area contributed by atoms with Crippen molar-refractivity contribution in [1.82, 2.24) is 4.90 Å². The number of amides is 2. The van der Waals surface area contributed by atoms with E-state index >= 15 is 0 Å². The van der Waals surface area contributed by atoms with Crippen molar-refractivity contribution in [3.05, 3.63) is 0 Å². The van der Waals surface area contributed by atoms with Gasteiger partial charge in [-0.15, -0.1) is 0 Å². The number of hydrogen-bond acceptors (Lipinski definition) is 4. The number of nitrogens with zero attached hydrogens (tertiary/aromatic N) is 1. The van der Waals surface area contributed by atoms with E-state index in [2.05, 4.69) is 0 Å². The Morgan fingerprint density at radius 1 is 1.50 bits per heavy atom. The lowest BCUT2D eigenvalue weighted by atomic mass is 10.2. The third kappa shape index (κ3) is 3.20. The molecule has 1 rings (SSSR count). The summed E-state index contributed by atoms with van der Waals surface area (Å²) in [6.07, 6.45) is -0.524. The molecule has 1 fully saturated rings. The zero-order valence-corrected chi connectivity index (χ0v) is 10.3.